The number of hydrogen-bond acceptors (Lipinski definition) is 3. The van der Waals surface area contributed by atoms with Crippen molar-refractivity contribution in [1.29, 1.82) is 0 Å². The van der Waals surface area contributed by atoms with Gasteiger partial charge in [0.15, 0.2) is 0 Å². The van der Waals surface area contributed by atoms with Crippen LogP contribution in [-0.2, 0) is 6.54 Å². The molecule has 1 aromatic rings. The highest BCUT2D eigenvalue weighted by molar-refractivity contribution is 5.98. The van der Waals surface area contributed by atoms with E-state index >= 15 is 0 Å². The summed E-state index contributed by atoms with van der Waals surface area (Å²) in [5.74, 6) is 0.667. The van der Waals surface area contributed by atoms with Crippen molar-refractivity contribution < 1.29 is 4.79 Å². The molecular weight excluding hydrogens is 228 g/mol. The van der Waals surface area contributed by atoms with Crippen LogP contribution in [0, 0.1) is 12.8 Å². The van der Waals surface area contributed by atoms with Crippen LogP contribution in [-0.4, -0.2) is 33.7 Å². The van der Waals surface area contributed by atoms with Crippen LogP contribution >= 0.6 is 0 Å². The number of nitrogens with two attached hydrogens (primary N) is 1. The fraction of sp³-hybridized carbons (Fsp3) is 0.692. The molecule has 0 aliphatic carbocycles. The smallest absolute Gasteiger partial charge is 0.274 e. The zero-order chi connectivity index (χ0) is 13.3. The van der Waals surface area contributed by atoms with Crippen molar-refractivity contribution in [2.24, 2.45) is 5.92 Å². The van der Waals surface area contributed by atoms with Crippen LogP contribution in [0.3, 0.4) is 0 Å². The first-order valence-electron chi connectivity index (χ1n) is 6.70. The van der Waals surface area contributed by atoms with Crippen LogP contribution in [0.25, 0.3) is 0 Å². The Bertz CT molecular complexity index is 452. The Hall–Kier alpha value is -1.52. The van der Waals surface area contributed by atoms with Crippen LogP contribution in [0.4, 0.5) is 5.69 Å². The van der Waals surface area contributed by atoms with Crippen molar-refractivity contribution >= 4 is 11.6 Å². The molecule has 1 aromatic heterocycles. The monoisotopic (exact) mass is 250 g/mol. The summed E-state index contributed by atoms with van der Waals surface area (Å²) < 4.78 is 1.71. The number of carbonyl (C=O) groups excluding carboxylic acids is 1. The summed E-state index contributed by atoms with van der Waals surface area (Å²) >= 11 is 0. The SMILES string of the molecule is CCC1CCN(C(=O)c2c(N)c(C)nn2CC)C1. The molecule has 1 unspecified atom stereocenters. The molecule has 2 N–H and O–H groups in total. The highest BCUT2D eigenvalue weighted by atomic mass is 16.2. The third kappa shape index (κ3) is 2.09. The summed E-state index contributed by atoms with van der Waals surface area (Å²) in [6.45, 7) is 8.35. The maximum absolute atomic E-state index is 12.5. The van der Waals surface area contributed by atoms with Crippen LogP contribution < -0.4 is 5.73 Å². The van der Waals surface area contributed by atoms with Crippen LogP contribution in [0.15, 0.2) is 0 Å². The van der Waals surface area contributed by atoms with Gasteiger partial charge in [-0.15, -0.1) is 0 Å². The number of nitrogen functional groups attached to an aromatic ring is 1. The fourth-order valence-electron chi connectivity index (χ4n) is 2.55. The maximum atomic E-state index is 12.5. The Kier molecular flexibility index (Phi) is 3.59. The summed E-state index contributed by atoms with van der Waals surface area (Å²) in [4.78, 5) is 14.4. The maximum Gasteiger partial charge on any atom is 0.274 e. The first-order valence-corrected chi connectivity index (χ1v) is 6.70. The first kappa shape index (κ1) is 12.9. The molecular formula is C13H22N4O. The van der Waals surface area contributed by atoms with Gasteiger partial charge in [0.25, 0.3) is 5.91 Å². The van der Waals surface area contributed by atoms with E-state index in [9.17, 15) is 4.79 Å². The zero-order valence-corrected chi connectivity index (χ0v) is 11.4. The van der Waals surface area contributed by atoms with Gasteiger partial charge in [-0.1, -0.05) is 13.3 Å². The molecule has 1 amide bonds. The van der Waals surface area contributed by atoms with E-state index < -0.39 is 0 Å². The van der Waals surface area contributed by atoms with E-state index in [1.54, 1.807) is 4.68 Å². The number of hydrogen-bond donors (Lipinski definition) is 1. The lowest BCUT2D eigenvalue weighted by Gasteiger charge is -2.17. The van der Waals surface area contributed by atoms with Gasteiger partial charge >= 0.3 is 0 Å². The molecule has 100 valence electrons. The molecule has 1 aliphatic rings. The molecule has 18 heavy (non-hydrogen) atoms. The number of likely N-dealkylation sites (tertiary alicyclic amines) is 1. The molecule has 0 aromatic carbocycles. The number of aromatic nitrogens is 2. The van der Waals surface area contributed by atoms with Gasteiger partial charge < -0.3 is 10.6 Å². The molecule has 2 heterocycles. The summed E-state index contributed by atoms with van der Waals surface area (Å²) in [6, 6.07) is 0. The van der Waals surface area contributed by atoms with Crippen molar-refractivity contribution in [1.82, 2.24) is 14.7 Å². The molecule has 0 saturated carbocycles. The van der Waals surface area contributed by atoms with Gasteiger partial charge in [0, 0.05) is 19.6 Å². The molecule has 1 aliphatic heterocycles. The minimum atomic E-state index is 0.0332. The normalized spacial score (nSPS) is 19.5. The molecule has 0 spiro atoms. The van der Waals surface area contributed by atoms with Gasteiger partial charge in [-0.05, 0) is 26.2 Å². The minimum absolute atomic E-state index is 0.0332. The number of amides is 1. The molecule has 1 saturated heterocycles. The number of nitrogens with zero attached hydrogens (tertiary/aromatic N) is 3. The minimum Gasteiger partial charge on any atom is -0.395 e. The van der Waals surface area contributed by atoms with Gasteiger partial charge in [-0.25, -0.2) is 0 Å². The Morgan fingerprint density at radius 2 is 2.22 bits per heavy atom. The summed E-state index contributed by atoms with van der Waals surface area (Å²) in [5, 5.41) is 4.30. The summed E-state index contributed by atoms with van der Waals surface area (Å²) in [7, 11) is 0. The fourth-order valence-corrected chi connectivity index (χ4v) is 2.55. The van der Waals surface area contributed by atoms with E-state index in [4.69, 9.17) is 5.73 Å². The van der Waals surface area contributed by atoms with Gasteiger partial charge in [-0.2, -0.15) is 5.10 Å². The number of rotatable bonds is 3. The van der Waals surface area contributed by atoms with Crippen LogP contribution in [0.2, 0.25) is 0 Å². The Morgan fingerprint density at radius 1 is 1.50 bits per heavy atom. The summed E-state index contributed by atoms with van der Waals surface area (Å²) in [6.07, 6.45) is 2.23. The topological polar surface area (TPSA) is 64.2 Å². The van der Waals surface area contributed by atoms with Crippen molar-refractivity contribution in [3.05, 3.63) is 11.4 Å². The van der Waals surface area contributed by atoms with Crippen molar-refractivity contribution in [2.75, 3.05) is 18.8 Å². The highest BCUT2D eigenvalue weighted by Crippen LogP contribution is 2.24. The van der Waals surface area contributed by atoms with E-state index in [-0.39, 0.29) is 5.91 Å². The average molecular weight is 250 g/mol. The largest absolute Gasteiger partial charge is 0.395 e. The molecule has 2 rings (SSSR count). The number of aryl methyl sites for hydroxylation is 2. The van der Waals surface area contributed by atoms with E-state index in [1.807, 2.05) is 18.7 Å². The zero-order valence-electron chi connectivity index (χ0n) is 11.4. The lowest BCUT2D eigenvalue weighted by atomic mass is 10.1. The Balaban J connectivity index is 2.24. The number of anilines is 1. The van der Waals surface area contributed by atoms with Crippen molar-refractivity contribution in [3.63, 3.8) is 0 Å². The first-order chi connectivity index (χ1) is 8.58. The van der Waals surface area contributed by atoms with Crippen molar-refractivity contribution in [2.45, 2.75) is 40.2 Å². The third-order valence-electron chi connectivity index (χ3n) is 3.83. The second-order valence-corrected chi connectivity index (χ2v) is 4.98. The lowest BCUT2D eigenvalue weighted by molar-refractivity contribution is 0.0775. The predicted molar refractivity (Wildman–Crippen MR) is 71.4 cm³/mol. The van der Waals surface area contributed by atoms with Gasteiger partial charge in [-0.3, -0.25) is 9.48 Å². The molecule has 0 bridgehead atoms. The quantitative estimate of drug-likeness (QED) is 0.887. The second kappa shape index (κ2) is 5.00. The summed E-state index contributed by atoms with van der Waals surface area (Å²) in [5.41, 5.74) is 7.82. The molecule has 0 radical (unpaired) electrons. The van der Waals surface area contributed by atoms with E-state index in [2.05, 4.69) is 12.0 Å². The standard InChI is InChI=1S/C13H22N4O/c1-4-10-6-7-16(8-10)13(18)12-11(14)9(3)15-17(12)5-2/h10H,4-8,14H2,1-3H3. The van der Waals surface area contributed by atoms with Crippen LogP contribution in [0.5, 0.6) is 0 Å². The Morgan fingerprint density at radius 3 is 2.78 bits per heavy atom. The predicted octanol–water partition coefficient (Wildman–Crippen LogP) is 1.67. The van der Waals surface area contributed by atoms with E-state index in [1.165, 1.54) is 0 Å². The molecule has 5 nitrogen and oxygen atoms in total. The average Bonchev–Trinajstić information content (AvgIpc) is 2.95. The molecule has 1 fully saturated rings. The van der Waals surface area contributed by atoms with E-state index in [0.29, 0.717) is 23.8 Å². The lowest BCUT2D eigenvalue weighted by Crippen LogP contribution is -2.31. The van der Waals surface area contributed by atoms with Gasteiger partial charge in [0.1, 0.15) is 5.69 Å². The van der Waals surface area contributed by atoms with Gasteiger partial charge in [0.2, 0.25) is 0 Å². The molecule has 5 heteroatoms. The van der Waals surface area contributed by atoms with Crippen LogP contribution in [0.1, 0.15) is 42.9 Å². The molecule has 1 atom stereocenters. The number of carbonyl (C=O) groups is 1. The van der Waals surface area contributed by atoms with Gasteiger partial charge in [0.05, 0.1) is 11.4 Å². The van der Waals surface area contributed by atoms with Crippen molar-refractivity contribution in [3.8, 4) is 0 Å². The highest BCUT2D eigenvalue weighted by Gasteiger charge is 2.29. The van der Waals surface area contributed by atoms with E-state index in [0.717, 1.165) is 31.6 Å². The third-order valence-corrected chi connectivity index (χ3v) is 3.83. The Labute approximate surface area is 108 Å². The second-order valence-electron chi connectivity index (χ2n) is 4.98.